The van der Waals surface area contributed by atoms with Crippen LogP contribution in [-0.2, 0) is 6.54 Å². The smallest absolute Gasteiger partial charge is 0.156 e. The van der Waals surface area contributed by atoms with Crippen LogP contribution in [0.5, 0.6) is 0 Å². The predicted octanol–water partition coefficient (Wildman–Crippen LogP) is 4.22. The van der Waals surface area contributed by atoms with E-state index in [-0.39, 0.29) is 0 Å². The average molecular weight is 438 g/mol. The second kappa shape index (κ2) is 8.10. The van der Waals surface area contributed by atoms with Gasteiger partial charge in [-0.3, -0.25) is 4.90 Å². The Labute approximate surface area is 192 Å². The summed E-state index contributed by atoms with van der Waals surface area (Å²) in [7, 11) is 2.19. The summed E-state index contributed by atoms with van der Waals surface area (Å²) in [5.41, 5.74) is 9.11. The summed E-state index contributed by atoms with van der Waals surface area (Å²) in [5.74, 6) is 0. The third-order valence-corrected chi connectivity index (χ3v) is 6.64. The van der Waals surface area contributed by atoms with Crippen LogP contribution in [0.25, 0.3) is 44.6 Å². The van der Waals surface area contributed by atoms with Gasteiger partial charge in [0.05, 0.1) is 11.9 Å². The number of hydrogen-bond acceptors (Lipinski definition) is 5. The number of pyridine rings is 1. The second-order valence-corrected chi connectivity index (χ2v) is 8.99. The molecule has 0 radical (unpaired) electrons. The Morgan fingerprint density at radius 3 is 2.52 bits per heavy atom. The van der Waals surface area contributed by atoms with Gasteiger partial charge in [0.2, 0.25) is 0 Å². The second-order valence-electron chi connectivity index (χ2n) is 8.99. The van der Waals surface area contributed by atoms with Crippen molar-refractivity contribution in [3.63, 3.8) is 0 Å². The molecule has 1 fully saturated rings. The third-order valence-electron chi connectivity index (χ3n) is 6.64. The topological polar surface area (TPSA) is 76.7 Å². The van der Waals surface area contributed by atoms with Gasteiger partial charge >= 0.3 is 0 Å². The van der Waals surface area contributed by atoms with E-state index in [1.807, 2.05) is 24.7 Å². The summed E-state index contributed by atoms with van der Waals surface area (Å²) in [4.78, 5) is 25.5. The summed E-state index contributed by atoms with van der Waals surface area (Å²) in [6.45, 7) is 7.62. The van der Waals surface area contributed by atoms with Crippen molar-refractivity contribution < 1.29 is 0 Å². The van der Waals surface area contributed by atoms with Gasteiger partial charge in [-0.05, 0) is 37.2 Å². The number of hydrogen-bond donors (Lipinski definition) is 2. The fraction of sp³-hybridized carbons (Fsp3) is 0.269. The van der Waals surface area contributed by atoms with Gasteiger partial charge in [-0.15, -0.1) is 0 Å². The van der Waals surface area contributed by atoms with Crippen LogP contribution in [0.15, 0.2) is 55.0 Å². The molecule has 6 rings (SSSR count). The van der Waals surface area contributed by atoms with E-state index in [0.29, 0.717) is 0 Å². The van der Waals surface area contributed by atoms with E-state index in [1.54, 1.807) is 0 Å². The molecule has 0 amide bonds. The molecule has 0 unspecified atom stereocenters. The van der Waals surface area contributed by atoms with Crippen molar-refractivity contribution in [3.8, 4) is 22.4 Å². The lowest BCUT2D eigenvalue weighted by Gasteiger charge is -2.32. The van der Waals surface area contributed by atoms with Gasteiger partial charge in [0.1, 0.15) is 11.2 Å². The molecule has 0 spiro atoms. The number of rotatable bonds is 4. The van der Waals surface area contributed by atoms with Gasteiger partial charge in [0.15, 0.2) is 5.65 Å². The maximum absolute atomic E-state index is 4.81. The maximum Gasteiger partial charge on any atom is 0.156 e. The monoisotopic (exact) mass is 437 g/mol. The molecule has 7 heteroatoms. The van der Waals surface area contributed by atoms with E-state index in [1.165, 1.54) is 11.1 Å². The third kappa shape index (κ3) is 3.79. The number of H-pyrrole nitrogens is 2. The van der Waals surface area contributed by atoms with Crippen LogP contribution in [0.2, 0.25) is 0 Å². The molecule has 33 heavy (non-hydrogen) atoms. The Hall–Kier alpha value is -3.55. The Morgan fingerprint density at radius 1 is 0.909 bits per heavy atom. The van der Waals surface area contributed by atoms with Gasteiger partial charge in [0.25, 0.3) is 0 Å². The minimum absolute atomic E-state index is 0.798. The number of nitrogens with one attached hydrogen (secondary N) is 2. The molecule has 7 nitrogen and oxygen atoms in total. The fourth-order valence-corrected chi connectivity index (χ4v) is 4.70. The summed E-state index contributed by atoms with van der Waals surface area (Å²) in [6.07, 6.45) is 5.64. The van der Waals surface area contributed by atoms with E-state index < -0.39 is 0 Å². The van der Waals surface area contributed by atoms with Crippen molar-refractivity contribution in [1.29, 1.82) is 0 Å². The summed E-state index contributed by atoms with van der Waals surface area (Å²) < 4.78 is 0. The van der Waals surface area contributed by atoms with Crippen molar-refractivity contribution >= 4 is 22.2 Å². The van der Waals surface area contributed by atoms with Crippen LogP contribution in [0, 0.1) is 6.92 Å². The van der Waals surface area contributed by atoms with E-state index in [4.69, 9.17) is 9.97 Å². The van der Waals surface area contributed by atoms with E-state index in [0.717, 1.165) is 77.4 Å². The van der Waals surface area contributed by atoms with Gasteiger partial charge in [-0.1, -0.05) is 24.3 Å². The molecule has 5 aromatic rings. The van der Waals surface area contributed by atoms with E-state index in [2.05, 4.69) is 69.1 Å². The SMILES string of the molecule is Cc1[nH]c2ncc(-c3ccc(CN4CCN(C)CC4)cc3)cc2c1-c1cnc2[nH]ccc2n1. The number of likely N-dealkylation sites (N-methyl/N-ethyl adjacent to an activating group) is 1. The van der Waals surface area contributed by atoms with Crippen LogP contribution in [0.1, 0.15) is 11.3 Å². The normalized spacial score (nSPS) is 15.6. The number of benzene rings is 1. The lowest BCUT2D eigenvalue weighted by molar-refractivity contribution is 0.148. The molecule has 1 aromatic carbocycles. The van der Waals surface area contributed by atoms with Gasteiger partial charge in [-0.25, -0.2) is 15.0 Å². The summed E-state index contributed by atoms with van der Waals surface area (Å²) in [5, 5.41) is 1.07. The molecule has 4 aromatic heterocycles. The minimum Gasteiger partial charge on any atom is -0.345 e. The molecule has 2 N–H and O–H groups in total. The first-order valence-electron chi connectivity index (χ1n) is 11.4. The van der Waals surface area contributed by atoms with Gasteiger partial charge in [-0.2, -0.15) is 0 Å². The zero-order valence-corrected chi connectivity index (χ0v) is 19.0. The Bertz CT molecular complexity index is 1420. The fourth-order valence-electron chi connectivity index (χ4n) is 4.70. The Morgan fingerprint density at radius 2 is 1.70 bits per heavy atom. The largest absolute Gasteiger partial charge is 0.345 e. The van der Waals surface area contributed by atoms with Crippen LogP contribution in [-0.4, -0.2) is 67.9 Å². The Kier molecular flexibility index (Phi) is 4.93. The first-order chi connectivity index (χ1) is 16.1. The van der Waals surface area contributed by atoms with Gasteiger partial charge < -0.3 is 14.9 Å². The molecule has 166 valence electrons. The highest BCUT2D eigenvalue weighted by molar-refractivity contribution is 5.97. The number of nitrogens with zero attached hydrogens (tertiary/aromatic N) is 5. The Balaban J connectivity index is 1.31. The number of aromatic amines is 2. The molecule has 0 aliphatic carbocycles. The molecule has 0 saturated carbocycles. The predicted molar refractivity (Wildman–Crippen MR) is 132 cm³/mol. The zero-order chi connectivity index (χ0) is 22.4. The van der Waals surface area contributed by atoms with Crippen molar-refractivity contribution in [1.82, 2.24) is 34.7 Å². The van der Waals surface area contributed by atoms with E-state index >= 15 is 0 Å². The number of piperazine rings is 1. The first kappa shape index (κ1) is 20.1. The minimum atomic E-state index is 0.798. The molecule has 1 aliphatic rings. The maximum atomic E-state index is 4.81. The van der Waals surface area contributed by atoms with Crippen molar-refractivity contribution in [2.45, 2.75) is 13.5 Å². The summed E-state index contributed by atoms with van der Waals surface area (Å²) >= 11 is 0. The van der Waals surface area contributed by atoms with Crippen molar-refractivity contribution in [2.75, 3.05) is 33.2 Å². The standard InChI is InChI=1S/C26H27N7/c1-17-24(23-15-29-26-22(31-23)7-8-27-26)21-13-20(14-28-25(21)30-17)19-5-3-18(4-6-19)16-33-11-9-32(2)10-12-33/h3-8,13-15H,9-12,16H2,1-2H3,(H,27,29)(H,28,30). The molecule has 1 saturated heterocycles. The molecule has 1 aliphatic heterocycles. The highest BCUT2D eigenvalue weighted by Crippen LogP contribution is 2.33. The van der Waals surface area contributed by atoms with Crippen LogP contribution < -0.4 is 0 Å². The van der Waals surface area contributed by atoms with E-state index in [9.17, 15) is 0 Å². The summed E-state index contributed by atoms with van der Waals surface area (Å²) in [6, 6.07) is 13.1. The number of aromatic nitrogens is 5. The average Bonchev–Trinajstić information content (AvgIpc) is 3.43. The first-order valence-corrected chi connectivity index (χ1v) is 11.4. The van der Waals surface area contributed by atoms with Crippen LogP contribution >= 0.6 is 0 Å². The quantitative estimate of drug-likeness (QED) is 0.440. The van der Waals surface area contributed by atoms with Gasteiger partial charge in [0, 0.05) is 67.3 Å². The van der Waals surface area contributed by atoms with Crippen molar-refractivity contribution in [3.05, 3.63) is 66.2 Å². The molecule has 0 bridgehead atoms. The number of fused-ring (bicyclic) bond motifs is 2. The number of aryl methyl sites for hydroxylation is 1. The molecular formula is C26H27N7. The highest BCUT2D eigenvalue weighted by atomic mass is 15.2. The van der Waals surface area contributed by atoms with Crippen LogP contribution in [0.3, 0.4) is 0 Å². The molecule has 5 heterocycles. The van der Waals surface area contributed by atoms with Crippen molar-refractivity contribution in [2.24, 2.45) is 0 Å². The lowest BCUT2D eigenvalue weighted by Crippen LogP contribution is -2.43. The lowest BCUT2D eigenvalue weighted by atomic mass is 10.0. The molecular weight excluding hydrogens is 410 g/mol. The highest BCUT2D eigenvalue weighted by Gasteiger charge is 2.16. The van der Waals surface area contributed by atoms with Crippen LogP contribution in [0.4, 0.5) is 0 Å². The zero-order valence-electron chi connectivity index (χ0n) is 19.0. The molecule has 0 atom stereocenters.